The predicted molar refractivity (Wildman–Crippen MR) is 95.2 cm³/mol. The van der Waals surface area contributed by atoms with Crippen LogP contribution < -0.4 is 10.6 Å². The van der Waals surface area contributed by atoms with Gasteiger partial charge < -0.3 is 15.1 Å². The molecule has 0 saturated heterocycles. The molecule has 0 atom stereocenters. The molecule has 2 heterocycles. The lowest BCUT2D eigenvalue weighted by atomic mass is 10.1. The molecule has 6 nitrogen and oxygen atoms in total. The number of nitrogens with one attached hydrogen (secondary N) is 2. The zero-order valence-electron chi connectivity index (χ0n) is 13.8. The number of aryl methyl sites for hydroxylation is 1. The maximum absolute atomic E-state index is 12.2. The molecule has 0 saturated carbocycles. The first-order valence-electron chi connectivity index (χ1n) is 8.23. The van der Waals surface area contributed by atoms with Gasteiger partial charge >= 0.3 is 0 Å². The maximum Gasteiger partial charge on any atom is 0.270 e. The zero-order valence-corrected chi connectivity index (χ0v) is 13.8. The second-order valence-electron chi connectivity index (χ2n) is 5.54. The van der Waals surface area contributed by atoms with Gasteiger partial charge in [-0.2, -0.15) is 0 Å². The molecule has 0 aliphatic rings. The molecule has 1 aromatic carbocycles. The van der Waals surface area contributed by atoms with Gasteiger partial charge in [-0.05, 0) is 36.6 Å². The third kappa shape index (κ3) is 5.17. The van der Waals surface area contributed by atoms with E-state index in [-0.39, 0.29) is 5.91 Å². The molecule has 1 amide bonds. The molecule has 128 valence electrons. The summed E-state index contributed by atoms with van der Waals surface area (Å²) in [5.74, 6) is 0.976. The molecule has 2 aromatic heterocycles. The molecule has 25 heavy (non-hydrogen) atoms. The van der Waals surface area contributed by atoms with Crippen molar-refractivity contribution in [1.29, 1.82) is 0 Å². The first-order valence-corrected chi connectivity index (χ1v) is 8.23. The van der Waals surface area contributed by atoms with E-state index >= 15 is 0 Å². The number of benzene rings is 1. The van der Waals surface area contributed by atoms with Crippen LogP contribution in [0, 0.1) is 0 Å². The van der Waals surface area contributed by atoms with Crippen LogP contribution in [0.15, 0.2) is 65.4 Å². The van der Waals surface area contributed by atoms with Gasteiger partial charge in [0, 0.05) is 12.7 Å². The van der Waals surface area contributed by atoms with Gasteiger partial charge in [-0.1, -0.05) is 30.3 Å². The quantitative estimate of drug-likeness (QED) is 0.618. The van der Waals surface area contributed by atoms with Gasteiger partial charge in [-0.3, -0.25) is 4.79 Å². The van der Waals surface area contributed by atoms with Crippen LogP contribution in [0.25, 0.3) is 0 Å². The summed E-state index contributed by atoms with van der Waals surface area (Å²) in [6, 6.07) is 15.5. The molecule has 0 fully saturated rings. The smallest absolute Gasteiger partial charge is 0.270 e. The SMILES string of the molecule is O=C(NCCCc1ccccc1)c1ccnc(NCc2ccco2)n1. The Morgan fingerprint density at radius 2 is 1.96 bits per heavy atom. The molecule has 0 aliphatic carbocycles. The van der Waals surface area contributed by atoms with Crippen molar-refractivity contribution in [3.05, 3.63) is 78.0 Å². The number of hydrogen-bond acceptors (Lipinski definition) is 5. The summed E-state index contributed by atoms with van der Waals surface area (Å²) in [5, 5.41) is 5.93. The molecule has 0 bridgehead atoms. The average Bonchev–Trinajstić information content (AvgIpc) is 3.18. The lowest BCUT2D eigenvalue weighted by molar-refractivity contribution is 0.0948. The maximum atomic E-state index is 12.2. The Hall–Kier alpha value is -3.15. The minimum atomic E-state index is -0.198. The van der Waals surface area contributed by atoms with Gasteiger partial charge in [-0.15, -0.1) is 0 Å². The Morgan fingerprint density at radius 3 is 2.76 bits per heavy atom. The highest BCUT2D eigenvalue weighted by Crippen LogP contribution is 2.06. The van der Waals surface area contributed by atoms with Crippen LogP contribution in [0.3, 0.4) is 0 Å². The van der Waals surface area contributed by atoms with E-state index in [1.165, 1.54) is 5.56 Å². The number of hydrogen-bond donors (Lipinski definition) is 2. The molecule has 0 radical (unpaired) electrons. The predicted octanol–water partition coefficient (Wildman–Crippen LogP) is 3.04. The number of amides is 1. The lowest BCUT2D eigenvalue weighted by Gasteiger charge is -2.07. The summed E-state index contributed by atoms with van der Waals surface area (Å²) in [6.07, 6.45) is 4.98. The van der Waals surface area contributed by atoms with Crippen molar-refractivity contribution in [2.24, 2.45) is 0 Å². The topological polar surface area (TPSA) is 80.0 Å². The van der Waals surface area contributed by atoms with Gasteiger partial charge in [0.05, 0.1) is 12.8 Å². The van der Waals surface area contributed by atoms with Crippen molar-refractivity contribution in [3.63, 3.8) is 0 Å². The van der Waals surface area contributed by atoms with Gasteiger partial charge in [0.2, 0.25) is 5.95 Å². The third-order valence-electron chi connectivity index (χ3n) is 3.66. The molecular formula is C19H20N4O2. The Morgan fingerprint density at radius 1 is 1.08 bits per heavy atom. The van der Waals surface area contributed by atoms with Crippen molar-refractivity contribution in [3.8, 4) is 0 Å². The first kappa shape index (κ1) is 16.7. The lowest BCUT2D eigenvalue weighted by Crippen LogP contribution is -2.26. The van der Waals surface area contributed by atoms with Crippen molar-refractivity contribution in [2.75, 3.05) is 11.9 Å². The van der Waals surface area contributed by atoms with E-state index in [9.17, 15) is 4.79 Å². The summed E-state index contributed by atoms with van der Waals surface area (Å²) in [6.45, 7) is 1.07. The Balaban J connectivity index is 1.46. The fourth-order valence-corrected chi connectivity index (χ4v) is 2.38. The van der Waals surface area contributed by atoms with Crippen molar-refractivity contribution in [1.82, 2.24) is 15.3 Å². The normalized spacial score (nSPS) is 10.4. The Kier molecular flexibility index (Phi) is 5.77. The minimum Gasteiger partial charge on any atom is -0.467 e. The fraction of sp³-hybridized carbons (Fsp3) is 0.211. The number of furan rings is 1. The van der Waals surface area contributed by atoms with Crippen molar-refractivity contribution < 1.29 is 9.21 Å². The zero-order chi connectivity index (χ0) is 17.3. The van der Waals surface area contributed by atoms with Crippen LogP contribution in [0.1, 0.15) is 28.2 Å². The van der Waals surface area contributed by atoms with Crippen LogP contribution in [0.5, 0.6) is 0 Å². The highest BCUT2D eigenvalue weighted by atomic mass is 16.3. The van der Waals surface area contributed by atoms with Crippen LogP contribution in [-0.4, -0.2) is 22.4 Å². The molecule has 2 N–H and O–H groups in total. The summed E-state index contributed by atoms with van der Waals surface area (Å²) in [4.78, 5) is 20.5. The Bertz CT molecular complexity index is 788. The van der Waals surface area contributed by atoms with Crippen LogP contribution in [0.2, 0.25) is 0 Å². The fourth-order valence-electron chi connectivity index (χ4n) is 2.38. The number of carbonyl (C=O) groups excluding carboxylic acids is 1. The average molecular weight is 336 g/mol. The summed E-state index contributed by atoms with van der Waals surface area (Å²) < 4.78 is 5.24. The third-order valence-corrected chi connectivity index (χ3v) is 3.66. The van der Waals surface area contributed by atoms with Crippen LogP contribution in [-0.2, 0) is 13.0 Å². The largest absolute Gasteiger partial charge is 0.467 e. The van der Waals surface area contributed by atoms with E-state index in [1.807, 2.05) is 30.3 Å². The molecule has 3 aromatic rings. The first-order chi connectivity index (χ1) is 12.3. The van der Waals surface area contributed by atoms with Gasteiger partial charge in [-0.25, -0.2) is 9.97 Å². The summed E-state index contributed by atoms with van der Waals surface area (Å²) in [7, 11) is 0. The minimum absolute atomic E-state index is 0.198. The van der Waals surface area contributed by atoms with Gasteiger partial charge in [0.1, 0.15) is 11.5 Å². The van der Waals surface area contributed by atoms with Crippen LogP contribution >= 0.6 is 0 Å². The van der Waals surface area contributed by atoms with E-state index < -0.39 is 0 Å². The number of rotatable bonds is 8. The molecular weight excluding hydrogens is 316 g/mol. The number of carbonyl (C=O) groups is 1. The molecule has 0 unspecified atom stereocenters. The van der Waals surface area contributed by atoms with E-state index in [0.717, 1.165) is 18.6 Å². The monoisotopic (exact) mass is 336 g/mol. The molecule has 6 heteroatoms. The van der Waals surface area contributed by atoms with Crippen LogP contribution in [0.4, 0.5) is 5.95 Å². The Labute approximate surface area is 146 Å². The number of anilines is 1. The summed E-state index contributed by atoms with van der Waals surface area (Å²) >= 11 is 0. The standard InChI is InChI=1S/C19H20N4O2/c24-18(20-11-4-8-15-6-2-1-3-7-15)17-10-12-21-19(23-17)22-14-16-9-5-13-25-16/h1-3,5-7,9-10,12-13H,4,8,11,14H2,(H,20,24)(H,21,22,23). The second kappa shape index (κ2) is 8.63. The highest BCUT2D eigenvalue weighted by molar-refractivity contribution is 5.92. The van der Waals surface area contributed by atoms with E-state index in [2.05, 4.69) is 32.7 Å². The van der Waals surface area contributed by atoms with E-state index in [4.69, 9.17) is 4.42 Å². The van der Waals surface area contributed by atoms with Crippen molar-refractivity contribution >= 4 is 11.9 Å². The van der Waals surface area contributed by atoms with Crippen molar-refractivity contribution in [2.45, 2.75) is 19.4 Å². The molecule has 0 spiro atoms. The molecule has 0 aliphatic heterocycles. The van der Waals surface area contributed by atoms with Gasteiger partial charge in [0.25, 0.3) is 5.91 Å². The summed E-state index contributed by atoms with van der Waals surface area (Å²) in [5.41, 5.74) is 1.61. The van der Waals surface area contributed by atoms with E-state index in [0.29, 0.717) is 24.7 Å². The second-order valence-corrected chi connectivity index (χ2v) is 5.54. The van der Waals surface area contributed by atoms with Gasteiger partial charge in [0.15, 0.2) is 0 Å². The number of aromatic nitrogens is 2. The number of nitrogens with zero attached hydrogens (tertiary/aromatic N) is 2. The highest BCUT2D eigenvalue weighted by Gasteiger charge is 2.08. The van der Waals surface area contributed by atoms with E-state index in [1.54, 1.807) is 18.5 Å². The molecule has 3 rings (SSSR count).